The van der Waals surface area contributed by atoms with Gasteiger partial charge >= 0.3 is 0 Å². The van der Waals surface area contributed by atoms with E-state index in [-0.39, 0.29) is 24.0 Å². The molecule has 4 nitrogen and oxygen atoms in total. The standard InChI is InChI=1S/C13H29N3O.HI/c1-5-12(6-2)11-16-13(14-7-3)15-9-10-17-8-4;/h12H,5-11H2,1-4H3,(H2,14,15,16);1H. The first kappa shape index (κ1) is 20.3. The molecule has 5 heteroatoms. The zero-order valence-electron chi connectivity index (χ0n) is 12.3. The summed E-state index contributed by atoms with van der Waals surface area (Å²) in [6.07, 6.45) is 2.39. The van der Waals surface area contributed by atoms with E-state index in [0.29, 0.717) is 5.92 Å². The molecule has 0 atom stereocenters. The van der Waals surface area contributed by atoms with Crippen LogP contribution in [0.2, 0.25) is 0 Å². The first-order valence-electron chi connectivity index (χ1n) is 6.88. The summed E-state index contributed by atoms with van der Waals surface area (Å²) in [5.74, 6) is 1.59. The highest BCUT2D eigenvalue weighted by Gasteiger charge is 2.03. The SMILES string of the molecule is CCNC(=NCC(CC)CC)NCCOCC.I. The van der Waals surface area contributed by atoms with Crippen LogP contribution in [-0.4, -0.2) is 38.8 Å². The third-order valence-electron chi connectivity index (χ3n) is 2.75. The van der Waals surface area contributed by atoms with E-state index in [1.165, 1.54) is 12.8 Å². The summed E-state index contributed by atoms with van der Waals surface area (Å²) in [4.78, 5) is 4.59. The van der Waals surface area contributed by atoms with Crippen molar-refractivity contribution in [3.63, 3.8) is 0 Å². The molecule has 0 amide bonds. The predicted molar refractivity (Wildman–Crippen MR) is 90.0 cm³/mol. The van der Waals surface area contributed by atoms with Crippen LogP contribution in [0.5, 0.6) is 0 Å². The van der Waals surface area contributed by atoms with E-state index in [0.717, 1.165) is 38.8 Å². The van der Waals surface area contributed by atoms with Crippen LogP contribution in [-0.2, 0) is 4.74 Å². The molecule has 0 fully saturated rings. The van der Waals surface area contributed by atoms with Gasteiger partial charge in [0.25, 0.3) is 0 Å². The van der Waals surface area contributed by atoms with Gasteiger partial charge in [-0.1, -0.05) is 26.7 Å². The number of hydrogen-bond acceptors (Lipinski definition) is 2. The third-order valence-corrected chi connectivity index (χ3v) is 2.75. The molecule has 0 spiro atoms. The second kappa shape index (κ2) is 15.0. The van der Waals surface area contributed by atoms with Crippen molar-refractivity contribution in [2.45, 2.75) is 40.5 Å². The third kappa shape index (κ3) is 11.1. The van der Waals surface area contributed by atoms with Crippen molar-refractivity contribution < 1.29 is 4.74 Å². The lowest BCUT2D eigenvalue weighted by atomic mass is 10.0. The number of guanidine groups is 1. The predicted octanol–water partition coefficient (Wildman–Crippen LogP) is 2.63. The van der Waals surface area contributed by atoms with Gasteiger partial charge in [-0.3, -0.25) is 4.99 Å². The Bertz CT molecular complexity index is 197. The zero-order valence-corrected chi connectivity index (χ0v) is 14.6. The van der Waals surface area contributed by atoms with E-state index in [1.54, 1.807) is 0 Å². The molecule has 0 saturated heterocycles. The van der Waals surface area contributed by atoms with Gasteiger partial charge in [0.1, 0.15) is 0 Å². The van der Waals surface area contributed by atoms with Crippen molar-refractivity contribution in [2.75, 3.05) is 32.8 Å². The molecule has 0 aliphatic heterocycles. The molecular formula is C13H30IN3O. The lowest BCUT2D eigenvalue weighted by molar-refractivity contribution is 0.152. The molecule has 0 radical (unpaired) electrons. The Morgan fingerprint density at radius 1 is 1.11 bits per heavy atom. The number of halogens is 1. The molecule has 18 heavy (non-hydrogen) atoms. The van der Waals surface area contributed by atoms with Gasteiger partial charge in [-0.05, 0) is 19.8 Å². The Balaban J connectivity index is 0. The van der Waals surface area contributed by atoms with Crippen LogP contribution in [0.3, 0.4) is 0 Å². The molecule has 0 aliphatic rings. The Labute approximate surface area is 129 Å². The molecule has 0 heterocycles. The lowest BCUT2D eigenvalue weighted by Crippen LogP contribution is -2.39. The van der Waals surface area contributed by atoms with E-state index in [4.69, 9.17) is 4.74 Å². The maximum atomic E-state index is 5.28. The van der Waals surface area contributed by atoms with Gasteiger partial charge < -0.3 is 15.4 Å². The van der Waals surface area contributed by atoms with Crippen LogP contribution in [0.25, 0.3) is 0 Å². The van der Waals surface area contributed by atoms with E-state index < -0.39 is 0 Å². The molecule has 0 aromatic heterocycles. The fraction of sp³-hybridized carbons (Fsp3) is 0.923. The highest BCUT2D eigenvalue weighted by atomic mass is 127. The van der Waals surface area contributed by atoms with Crippen LogP contribution in [0.4, 0.5) is 0 Å². The second-order valence-corrected chi connectivity index (χ2v) is 4.03. The van der Waals surface area contributed by atoms with E-state index in [2.05, 4.69) is 36.4 Å². The summed E-state index contributed by atoms with van der Waals surface area (Å²) in [6.45, 7) is 12.6. The first-order valence-corrected chi connectivity index (χ1v) is 6.88. The lowest BCUT2D eigenvalue weighted by Gasteiger charge is -2.13. The summed E-state index contributed by atoms with van der Waals surface area (Å²) in [5, 5.41) is 6.52. The average Bonchev–Trinajstić information content (AvgIpc) is 2.35. The van der Waals surface area contributed by atoms with Gasteiger partial charge in [-0.25, -0.2) is 0 Å². The van der Waals surface area contributed by atoms with Crippen LogP contribution in [0.15, 0.2) is 4.99 Å². The fourth-order valence-corrected chi connectivity index (χ4v) is 1.49. The largest absolute Gasteiger partial charge is 0.380 e. The molecule has 0 aliphatic carbocycles. The van der Waals surface area contributed by atoms with Crippen LogP contribution >= 0.6 is 24.0 Å². The minimum atomic E-state index is 0. The summed E-state index contributed by atoms with van der Waals surface area (Å²) < 4.78 is 5.28. The van der Waals surface area contributed by atoms with Gasteiger partial charge in [0.05, 0.1) is 6.61 Å². The van der Waals surface area contributed by atoms with Crippen molar-refractivity contribution in [3.8, 4) is 0 Å². The molecule has 110 valence electrons. The van der Waals surface area contributed by atoms with Crippen molar-refractivity contribution in [3.05, 3.63) is 0 Å². The normalized spacial score (nSPS) is 11.3. The molecular weight excluding hydrogens is 341 g/mol. The summed E-state index contributed by atoms with van der Waals surface area (Å²) in [6, 6.07) is 0. The monoisotopic (exact) mass is 371 g/mol. The molecule has 0 unspecified atom stereocenters. The van der Waals surface area contributed by atoms with E-state index in [1.807, 2.05) is 6.92 Å². The quantitative estimate of drug-likeness (QED) is 0.284. The van der Waals surface area contributed by atoms with Crippen LogP contribution in [0, 0.1) is 5.92 Å². The number of nitrogens with zero attached hydrogens (tertiary/aromatic N) is 1. The average molecular weight is 371 g/mol. The topological polar surface area (TPSA) is 45.7 Å². The van der Waals surface area contributed by atoms with Gasteiger partial charge in [0.15, 0.2) is 5.96 Å². The Hall–Kier alpha value is -0.0400. The summed E-state index contributed by atoms with van der Waals surface area (Å²) >= 11 is 0. The Morgan fingerprint density at radius 3 is 2.28 bits per heavy atom. The summed E-state index contributed by atoms with van der Waals surface area (Å²) in [7, 11) is 0. The minimum absolute atomic E-state index is 0. The maximum absolute atomic E-state index is 5.28. The van der Waals surface area contributed by atoms with Crippen molar-refractivity contribution >= 4 is 29.9 Å². The molecule has 0 aromatic rings. The van der Waals surface area contributed by atoms with Gasteiger partial charge in [-0.15, -0.1) is 24.0 Å². The first-order chi connectivity index (χ1) is 8.28. The molecule has 0 saturated carbocycles. The molecule has 0 aromatic carbocycles. The fourth-order valence-electron chi connectivity index (χ4n) is 1.49. The van der Waals surface area contributed by atoms with Crippen LogP contribution in [0.1, 0.15) is 40.5 Å². The van der Waals surface area contributed by atoms with Crippen molar-refractivity contribution in [1.82, 2.24) is 10.6 Å². The molecule has 0 rings (SSSR count). The molecule has 0 bridgehead atoms. The number of ether oxygens (including phenoxy) is 1. The van der Waals surface area contributed by atoms with Gasteiger partial charge in [-0.2, -0.15) is 0 Å². The smallest absolute Gasteiger partial charge is 0.191 e. The highest BCUT2D eigenvalue weighted by Crippen LogP contribution is 2.06. The second-order valence-electron chi connectivity index (χ2n) is 4.03. The van der Waals surface area contributed by atoms with Crippen molar-refractivity contribution in [2.24, 2.45) is 10.9 Å². The van der Waals surface area contributed by atoms with E-state index >= 15 is 0 Å². The number of nitrogens with one attached hydrogen (secondary N) is 2. The number of hydrogen-bond donors (Lipinski definition) is 2. The molecule has 2 N–H and O–H groups in total. The van der Waals surface area contributed by atoms with Gasteiger partial charge in [0.2, 0.25) is 0 Å². The number of aliphatic imine (C=N–C) groups is 1. The summed E-state index contributed by atoms with van der Waals surface area (Å²) in [5.41, 5.74) is 0. The maximum Gasteiger partial charge on any atom is 0.191 e. The number of rotatable bonds is 9. The highest BCUT2D eigenvalue weighted by molar-refractivity contribution is 14.0. The minimum Gasteiger partial charge on any atom is -0.380 e. The zero-order chi connectivity index (χ0) is 12.9. The van der Waals surface area contributed by atoms with Crippen molar-refractivity contribution in [1.29, 1.82) is 0 Å². The Morgan fingerprint density at radius 2 is 1.78 bits per heavy atom. The van der Waals surface area contributed by atoms with Gasteiger partial charge in [0, 0.05) is 26.2 Å². The van der Waals surface area contributed by atoms with Crippen LogP contribution < -0.4 is 10.6 Å². The Kier molecular flexibility index (Phi) is 16.9. The van der Waals surface area contributed by atoms with E-state index in [9.17, 15) is 0 Å².